The molecule has 134 valence electrons. The molecule has 1 aromatic heterocycles. The van der Waals surface area contributed by atoms with Crippen LogP contribution in [0.4, 0.5) is 10.2 Å². The Hall–Kier alpha value is -2.12. The van der Waals surface area contributed by atoms with E-state index in [0.29, 0.717) is 5.82 Å². The first kappa shape index (κ1) is 19.2. The molecule has 0 spiro atoms. The third-order valence-corrected chi connectivity index (χ3v) is 3.90. The van der Waals surface area contributed by atoms with Crippen LogP contribution < -0.4 is 5.32 Å². The minimum absolute atomic E-state index is 0.0407. The summed E-state index contributed by atoms with van der Waals surface area (Å²) < 4.78 is 20.2. The van der Waals surface area contributed by atoms with Crippen molar-refractivity contribution in [1.29, 1.82) is 0 Å². The van der Waals surface area contributed by atoms with Crippen LogP contribution in [0.3, 0.4) is 0 Å². The summed E-state index contributed by atoms with van der Waals surface area (Å²) in [4.78, 5) is 24.3. The minimum atomic E-state index is -1.13. The van der Waals surface area contributed by atoms with Gasteiger partial charge in [-0.15, -0.1) is 0 Å². The maximum Gasteiger partial charge on any atom is 0.340 e. The van der Waals surface area contributed by atoms with Gasteiger partial charge in [0.25, 0.3) is 5.91 Å². The molecule has 0 saturated heterocycles. The molecule has 2 rings (SSSR count). The highest BCUT2D eigenvalue weighted by Gasteiger charge is 2.23. The van der Waals surface area contributed by atoms with Crippen molar-refractivity contribution in [3.63, 3.8) is 0 Å². The van der Waals surface area contributed by atoms with Gasteiger partial charge < -0.3 is 10.1 Å². The fourth-order valence-corrected chi connectivity index (χ4v) is 2.47. The SMILES string of the molecule is CC(C)n1nccc1NC(=O)[C@@H](C)OC(=O)c1cc(F)c(Cl)cc1Cl. The molecular formula is C16H16Cl2FN3O3. The van der Waals surface area contributed by atoms with Crippen molar-refractivity contribution < 1.29 is 18.7 Å². The van der Waals surface area contributed by atoms with Gasteiger partial charge in [0.15, 0.2) is 6.10 Å². The van der Waals surface area contributed by atoms with Gasteiger partial charge in [-0.2, -0.15) is 5.10 Å². The fourth-order valence-electron chi connectivity index (χ4n) is 2.01. The van der Waals surface area contributed by atoms with Gasteiger partial charge >= 0.3 is 5.97 Å². The predicted octanol–water partition coefficient (Wildman–Crippen LogP) is 4.09. The lowest BCUT2D eigenvalue weighted by atomic mass is 10.2. The average molecular weight is 388 g/mol. The number of nitrogens with zero attached hydrogens (tertiary/aromatic N) is 2. The molecular weight excluding hydrogens is 372 g/mol. The normalized spacial score (nSPS) is 12.1. The maximum absolute atomic E-state index is 13.5. The Morgan fingerprint density at radius 3 is 2.56 bits per heavy atom. The molecule has 6 nitrogen and oxygen atoms in total. The third kappa shape index (κ3) is 4.49. The summed E-state index contributed by atoms with van der Waals surface area (Å²) >= 11 is 11.4. The lowest BCUT2D eigenvalue weighted by Crippen LogP contribution is -2.31. The lowest BCUT2D eigenvalue weighted by molar-refractivity contribution is -0.123. The number of nitrogens with one attached hydrogen (secondary N) is 1. The summed E-state index contributed by atoms with van der Waals surface area (Å²) in [6.45, 7) is 5.20. The number of halogens is 3. The van der Waals surface area contributed by atoms with E-state index >= 15 is 0 Å². The van der Waals surface area contributed by atoms with Crippen molar-refractivity contribution in [2.24, 2.45) is 0 Å². The molecule has 0 unspecified atom stereocenters. The summed E-state index contributed by atoms with van der Waals surface area (Å²) in [5.41, 5.74) is -0.213. The Morgan fingerprint density at radius 2 is 1.92 bits per heavy atom. The van der Waals surface area contributed by atoms with E-state index in [2.05, 4.69) is 10.4 Å². The van der Waals surface area contributed by atoms with Gasteiger partial charge in [0.2, 0.25) is 0 Å². The number of benzene rings is 1. The monoisotopic (exact) mass is 387 g/mol. The van der Waals surface area contributed by atoms with Crippen LogP contribution >= 0.6 is 23.2 Å². The summed E-state index contributed by atoms with van der Waals surface area (Å²) in [6.07, 6.45) is 0.417. The van der Waals surface area contributed by atoms with Crippen LogP contribution in [0.25, 0.3) is 0 Å². The molecule has 0 radical (unpaired) electrons. The van der Waals surface area contributed by atoms with Gasteiger partial charge in [-0.25, -0.2) is 13.9 Å². The lowest BCUT2D eigenvalue weighted by Gasteiger charge is -2.16. The summed E-state index contributed by atoms with van der Waals surface area (Å²) in [7, 11) is 0. The largest absolute Gasteiger partial charge is 0.449 e. The van der Waals surface area contributed by atoms with Gasteiger partial charge in [0.05, 0.1) is 21.8 Å². The number of hydrogen-bond acceptors (Lipinski definition) is 4. The summed E-state index contributed by atoms with van der Waals surface area (Å²) in [5, 5.41) is 6.43. The highest BCUT2D eigenvalue weighted by Crippen LogP contribution is 2.25. The molecule has 0 aliphatic carbocycles. The molecule has 1 aromatic carbocycles. The topological polar surface area (TPSA) is 73.2 Å². The van der Waals surface area contributed by atoms with Crippen molar-refractivity contribution in [1.82, 2.24) is 9.78 Å². The van der Waals surface area contributed by atoms with Crippen molar-refractivity contribution in [2.75, 3.05) is 5.32 Å². The summed E-state index contributed by atoms with van der Waals surface area (Å²) in [6, 6.07) is 3.63. The number of aromatic nitrogens is 2. The molecule has 25 heavy (non-hydrogen) atoms. The highest BCUT2D eigenvalue weighted by molar-refractivity contribution is 6.36. The van der Waals surface area contributed by atoms with Crippen LogP contribution in [0.2, 0.25) is 10.0 Å². The standard InChI is InChI=1S/C16H16Cl2FN3O3/c1-8(2)22-14(4-5-20-22)21-15(23)9(3)25-16(24)10-6-13(19)12(18)7-11(10)17/h4-9H,1-3H3,(H,21,23)/t9-/m1/s1. The Morgan fingerprint density at radius 1 is 1.24 bits per heavy atom. The first-order chi connectivity index (χ1) is 11.7. The van der Waals surface area contributed by atoms with E-state index in [-0.39, 0.29) is 21.7 Å². The Kier molecular flexibility index (Phi) is 6.02. The third-order valence-electron chi connectivity index (χ3n) is 3.29. The van der Waals surface area contributed by atoms with Crippen molar-refractivity contribution in [3.8, 4) is 0 Å². The molecule has 1 atom stereocenters. The molecule has 0 aliphatic heterocycles. The summed E-state index contributed by atoms with van der Waals surface area (Å²) in [5.74, 6) is -1.82. The molecule has 1 amide bonds. The Labute approximate surface area is 153 Å². The van der Waals surface area contributed by atoms with E-state index in [9.17, 15) is 14.0 Å². The van der Waals surface area contributed by atoms with E-state index < -0.39 is 23.8 Å². The van der Waals surface area contributed by atoms with Crippen LogP contribution in [0.5, 0.6) is 0 Å². The molecule has 0 aliphatic rings. The smallest absolute Gasteiger partial charge is 0.340 e. The van der Waals surface area contributed by atoms with Gasteiger partial charge in [-0.3, -0.25) is 4.79 Å². The average Bonchev–Trinajstić information content (AvgIpc) is 2.98. The van der Waals surface area contributed by atoms with E-state index in [1.54, 1.807) is 16.9 Å². The van der Waals surface area contributed by atoms with Crippen LogP contribution in [0.1, 0.15) is 37.2 Å². The maximum atomic E-state index is 13.5. The van der Waals surface area contributed by atoms with Gasteiger partial charge in [-0.1, -0.05) is 23.2 Å². The molecule has 0 saturated carbocycles. The van der Waals surface area contributed by atoms with Gasteiger partial charge in [0, 0.05) is 12.1 Å². The molecule has 0 bridgehead atoms. The quantitative estimate of drug-likeness (QED) is 0.619. The van der Waals surface area contributed by atoms with Crippen LogP contribution in [-0.4, -0.2) is 27.8 Å². The van der Waals surface area contributed by atoms with Crippen LogP contribution in [-0.2, 0) is 9.53 Å². The van der Waals surface area contributed by atoms with Crippen molar-refractivity contribution in [2.45, 2.75) is 32.9 Å². The molecule has 9 heteroatoms. The Bertz CT molecular complexity index is 808. The number of amides is 1. The zero-order valence-corrected chi connectivity index (χ0v) is 15.2. The molecule has 1 N–H and O–H groups in total. The van der Waals surface area contributed by atoms with Crippen molar-refractivity contribution in [3.05, 3.63) is 45.8 Å². The first-order valence-corrected chi connectivity index (χ1v) is 8.16. The molecule has 0 fully saturated rings. The second-order valence-electron chi connectivity index (χ2n) is 5.54. The number of carbonyl (C=O) groups is 2. The second-order valence-corrected chi connectivity index (χ2v) is 6.35. The highest BCUT2D eigenvalue weighted by atomic mass is 35.5. The molecule has 1 heterocycles. The van der Waals surface area contributed by atoms with Crippen LogP contribution in [0, 0.1) is 5.82 Å². The molecule has 2 aromatic rings. The minimum Gasteiger partial charge on any atom is -0.449 e. The Balaban J connectivity index is 2.07. The number of hydrogen-bond donors (Lipinski definition) is 1. The van der Waals surface area contributed by atoms with E-state index in [1.165, 1.54) is 6.92 Å². The zero-order valence-electron chi connectivity index (χ0n) is 13.7. The van der Waals surface area contributed by atoms with Crippen LogP contribution in [0.15, 0.2) is 24.4 Å². The second kappa shape index (κ2) is 7.84. The van der Waals surface area contributed by atoms with Gasteiger partial charge in [-0.05, 0) is 32.9 Å². The predicted molar refractivity (Wildman–Crippen MR) is 92.5 cm³/mol. The number of esters is 1. The van der Waals surface area contributed by atoms with E-state index in [4.69, 9.17) is 27.9 Å². The van der Waals surface area contributed by atoms with Crippen molar-refractivity contribution >= 4 is 40.9 Å². The number of ether oxygens (including phenoxy) is 1. The van der Waals surface area contributed by atoms with E-state index in [0.717, 1.165) is 12.1 Å². The van der Waals surface area contributed by atoms with E-state index in [1.807, 2.05) is 13.8 Å². The fraction of sp³-hybridized carbons (Fsp3) is 0.312. The number of rotatable bonds is 5. The number of carbonyl (C=O) groups excluding carboxylic acids is 2. The number of anilines is 1. The zero-order chi connectivity index (χ0) is 18.7. The van der Waals surface area contributed by atoms with Gasteiger partial charge in [0.1, 0.15) is 11.6 Å². The first-order valence-electron chi connectivity index (χ1n) is 7.40.